The molecule has 2 atom stereocenters. The molecule has 1 aromatic carbocycles. The van der Waals surface area contributed by atoms with Gasteiger partial charge in [0, 0.05) is 5.92 Å². The summed E-state index contributed by atoms with van der Waals surface area (Å²) in [5, 5.41) is 9.39. The van der Waals surface area contributed by atoms with Crippen molar-refractivity contribution in [2.75, 3.05) is 0 Å². The van der Waals surface area contributed by atoms with Crippen LogP contribution in [0.1, 0.15) is 61.4 Å². The second kappa shape index (κ2) is 5.42. The molecule has 0 radical (unpaired) electrons. The first-order chi connectivity index (χ1) is 8.75. The highest BCUT2D eigenvalue weighted by Crippen LogP contribution is 2.41. The largest absolute Gasteiger partial charge is 0.508 e. The molecule has 0 aromatic heterocycles. The Bertz CT molecular complexity index is 439. The van der Waals surface area contributed by atoms with Gasteiger partial charge in [-0.1, -0.05) is 26.3 Å². The zero-order valence-electron chi connectivity index (χ0n) is 11.0. The van der Waals surface area contributed by atoms with E-state index in [0.717, 1.165) is 24.8 Å². The summed E-state index contributed by atoms with van der Waals surface area (Å²) in [4.78, 5) is 11.8. The number of benzene rings is 1. The van der Waals surface area contributed by atoms with Crippen molar-refractivity contribution in [3.05, 3.63) is 29.3 Å². The number of fused-ring (bicyclic) bond motifs is 3. The lowest BCUT2D eigenvalue weighted by Crippen LogP contribution is -2.34. The number of ether oxygens (including phenoxy) is 1. The Hall–Kier alpha value is -1.51. The van der Waals surface area contributed by atoms with Gasteiger partial charge in [0.05, 0.1) is 5.56 Å². The van der Waals surface area contributed by atoms with Crippen molar-refractivity contribution in [3.63, 3.8) is 0 Å². The summed E-state index contributed by atoms with van der Waals surface area (Å²) in [7, 11) is 0. The van der Waals surface area contributed by atoms with Gasteiger partial charge in [-0.25, -0.2) is 4.79 Å². The zero-order chi connectivity index (χ0) is 13.1. The van der Waals surface area contributed by atoms with Gasteiger partial charge in [-0.05, 0) is 37.0 Å². The fraction of sp³-hybridized carbons (Fsp3) is 0.533. The molecule has 0 amide bonds. The van der Waals surface area contributed by atoms with Gasteiger partial charge in [0.15, 0.2) is 0 Å². The van der Waals surface area contributed by atoms with Gasteiger partial charge in [0.25, 0.3) is 0 Å². The Morgan fingerprint density at radius 1 is 1.22 bits per heavy atom. The Morgan fingerprint density at radius 3 is 2.72 bits per heavy atom. The number of phenolic OH excluding ortho intramolecular Hbond substituents is 1. The van der Waals surface area contributed by atoms with Gasteiger partial charge in [-0.2, -0.15) is 0 Å². The lowest BCUT2D eigenvalue weighted by atomic mass is 9.78. The molecular weight excluding hydrogens is 228 g/mol. The van der Waals surface area contributed by atoms with Crippen LogP contribution in [-0.4, -0.2) is 17.2 Å². The molecule has 1 saturated carbocycles. The second-order valence-electron chi connectivity index (χ2n) is 4.61. The number of phenols is 1. The first kappa shape index (κ1) is 12.9. The highest BCUT2D eigenvalue weighted by molar-refractivity contribution is 5.93. The first-order valence-electron chi connectivity index (χ1n) is 6.79. The summed E-state index contributed by atoms with van der Waals surface area (Å²) >= 11 is 0. The van der Waals surface area contributed by atoms with E-state index < -0.39 is 0 Å². The monoisotopic (exact) mass is 248 g/mol. The third kappa shape index (κ3) is 2.22. The van der Waals surface area contributed by atoms with Crippen LogP contribution >= 0.6 is 0 Å². The smallest absolute Gasteiger partial charge is 0.338 e. The van der Waals surface area contributed by atoms with Gasteiger partial charge < -0.3 is 9.84 Å². The van der Waals surface area contributed by atoms with E-state index in [1.54, 1.807) is 6.07 Å². The summed E-state index contributed by atoms with van der Waals surface area (Å²) in [6.45, 7) is 4.00. The van der Waals surface area contributed by atoms with E-state index in [1.807, 2.05) is 19.9 Å². The van der Waals surface area contributed by atoms with Gasteiger partial charge in [0.1, 0.15) is 11.9 Å². The standard InChI is InChI=1S/C13H14O3.C2H6/c14-8-5-6-9-10-3-1-2-4-12(10)16-13(15)11(9)7-8;1-2/h5-7,10,12,14H,1-4H2;1-2H3. The van der Waals surface area contributed by atoms with Crippen LogP contribution in [-0.2, 0) is 4.74 Å². The maximum atomic E-state index is 11.8. The molecule has 2 unspecified atom stereocenters. The van der Waals surface area contributed by atoms with Gasteiger partial charge in [0.2, 0.25) is 0 Å². The lowest BCUT2D eigenvalue weighted by Gasteiger charge is -2.36. The molecule has 1 heterocycles. The number of aromatic hydroxyl groups is 1. The maximum absolute atomic E-state index is 11.8. The predicted molar refractivity (Wildman–Crippen MR) is 69.9 cm³/mol. The molecule has 0 spiro atoms. The average Bonchev–Trinajstić information content (AvgIpc) is 2.41. The summed E-state index contributed by atoms with van der Waals surface area (Å²) in [6, 6.07) is 5.04. The maximum Gasteiger partial charge on any atom is 0.338 e. The fourth-order valence-electron chi connectivity index (χ4n) is 2.84. The van der Waals surface area contributed by atoms with Crippen LogP contribution in [0, 0.1) is 0 Å². The van der Waals surface area contributed by atoms with E-state index in [4.69, 9.17) is 4.74 Å². The summed E-state index contributed by atoms with van der Waals surface area (Å²) in [5.74, 6) is 0.182. The van der Waals surface area contributed by atoms with Crippen molar-refractivity contribution in [3.8, 4) is 5.75 Å². The first-order valence-corrected chi connectivity index (χ1v) is 6.79. The van der Waals surface area contributed by atoms with Gasteiger partial charge in [-0.15, -0.1) is 0 Å². The number of hydrogen-bond acceptors (Lipinski definition) is 3. The highest BCUT2D eigenvalue weighted by atomic mass is 16.5. The van der Waals surface area contributed by atoms with Gasteiger partial charge >= 0.3 is 5.97 Å². The Morgan fingerprint density at radius 2 is 1.94 bits per heavy atom. The van der Waals surface area contributed by atoms with Crippen LogP contribution in [0.4, 0.5) is 0 Å². The molecular formula is C15H20O3. The van der Waals surface area contributed by atoms with Crippen molar-refractivity contribution in [2.24, 2.45) is 0 Å². The second-order valence-corrected chi connectivity index (χ2v) is 4.61. The van der Waals surface area contributed by atoms with E-state index in [2.05, 4.69) is 0 Å². The van der Waals surface area contributed by atoms with Crippen LogP contribution in [0.3, 0.4) is 0 Å². The lowest BCUT2D eigenvalue weighted by molar-refractivity contribution is 0.00763. The molecule has 0 saturated heterocycles. The minimum Gasteiger partial charge on any atom is -0.508 e. The van der Waals surface area contributed by atoms with Crippen molar-refractivity contribution in [1.82, 2.24) is 0 Å². The molecule has 1 fully saturated rings. The summed E-state index contributed by atoms with van der Waals surface area (Å²) in [6.07, 6.45) is 4.44. The van der Waals surface area contributed by atoms with Gasteiger partial charge in [-0.3, -0.25) is 0 Å². The minimum atomic E-state index is -0.283. The van der Waals surface area contributed by atoms with E-state index >= 15 is 0 Å². The average molecular weight is 248 g/mol. The SMILES string of the molecule is CC.O=C1OC2CCCCC2c2ccc(O)cc21. The Kier molecular flexibility index (Phi) is 3.90. The summed E-state index contributed by atoms with van der Waals surface area (Å²) < 4.78 is 5.42. The quantitative estimate of drug-likeness (QED) is 0.713. The van der Waals surface area contributed by atoms with Crippen LogP contribution < -0.4 is 0 Å². The molecule has 1 aromatic rings. The molecule has 3 rings (SSSR count). The van der Waals surface area contributed by atoms with Crippen molar-refractivity contribution < 1.29 is 14.6 Å². The van der Waals surface area contributed by atoms with Crippen LogP contribution in [0.5, 0.6) is 5.75 Å². The fourth-order valence-corrected chi connectivity index (χ4v) is 2.84. The number of esters is 1. The van der Waals surface area contributed by atoms with E-state index in [0.29, 0.717) is 11.5 Å². The number of rotatable bonds is 0. The molecule has 3 nitrogen and oxygen atoms in total. The number of hydrogen-bond donors (Lipinski definition) is 1. The summed E-state index contributed by atoms with van der Waals surface area (Å²) in [5.41, 5.74) is 1.60. The predicted octanol–water partition coefficient (Wildman–Crippen LogP) is 3.62. The van der Waals surface area contributed by atoms with Crippen LogP contribution in [0.2, 0.25) is 0 Å². The van der Waals surface area contributed by atoms with Crippen molar-refractivity contribution in [1.29, 1.82) is 0 Å². The normalized spacial score (nSPS) is 25.1. The molecule has 2 aliphatic rings. The molecule has 1 N–H and O–H groups in total. The molecule has 1 aliphatic heterocycles. The molecule has 98 valence electrons. The topological polar surface area (TPSA) is 46.5 Å². The number of carbonyl (C=O) groups excluding carboxylic acids is 1. The highest BCUT2D eigenvalue weighted by Gasteiger charge is 2.36. The Balaban J connectivity index is 0.000000574. The molecule has 18 heavy (non-hydrogen) atoms. The molecule has 1 aliphatic carbocycles. The minimum absolute atomic E-state index is 0.0540. The third-order valence-corrected chi connectivity index (χ3v) is 3.62. The van der Waals surface area contributed by atoms with E-state index in [-0.39, 0.29) is 17.8 Å². The Labute approximate surface area is 108 Å². The van der Waals surface area contributed by atoms with Crippen LogP contribution in [0.15, 0.2) is 18.2 Å². The van der Waals surface area contributed by atoms with Crippen LogP contribution in [0.25, 0.3) is 0 Å². The number of carbonyl (C=O) groups is 1. The molecule has 0 bridgehead atoms. The third-order valence-electron chi connectivity index (χ3n) is 3.62. The van der Waals surface area contributed by atoms with E-state index in [1.165, 1.54) is 12.5 Å². The van der Waals surface area contributed by atoms with Crippen molar-refractivity contribution >= 4 is 5.97 Å². The zero-order valence-corrected chi connectivity index (χ0v) is 11.0. The van der Waals surface area contributed by atoms with E-state index in [9.17, 15) is 9.90 Å². The molecule has 3 heteroatoms. The van der Waals surface area contributed by atoms with Crippen molar-refractivity contribution in [2.45, 2.75) is 51.6 Å².